The van der Waals surface area contributed by atoms with E-state index >= 15 is 0 Å². The van der Waals surface area contributed by atoms with E-state index in [9.17, 15) is 29.0 Å². The summed E-state index contributed by atoms with van der Waals surface area (Å²) < 4.78 is 21.2. The minimum atomic E-state index is -1.46. The van der Waals surface area contributed by atoms with Gasteiger partial charge in [0.15, 0.2) is 0 Å². The van der Waals surface area contributed by atoms with Gasteiger partial charge < -0.3 is 20.3 Å². The van der Waals surface area contributed by atoms with Crippen LogP contribution in [-0.4, -0.2) is 66.4 Å². The molecular weight excluding hydrogens is 377 g/mol. The summed E-state index contributed by atoms with van der Waals surface area (Å²) in [6.07, 6.45) is -1.81. The number of carbonyl (C=O) groups is 1. The average molecular weight is 397 g/mol. The minimum Gasteiger partial charge on any atom is -0.388 e. The van der Waals surface area contributed by atoms with Crippen molar-refractivity contribution in [1.29, 1.82) is 0 Å². The Kier molecular flexibility index (Phi) is 5.45. The third-order valence-corrected chi connectivity index (χ3v) is 4.77. The minimum absolute atomic E-state index is 0.144. The zero-order chi connectivity index (χ0) is 20.6. The van der Waals surface area contributed by atoms with Crippen molar-refractivity contribution in [1.82, 2.24) is 24.6 Å². The molecule has 28 heavy (non-hydrogen) atoms. The summed E-state index contributed by atoms with van der Waals surface area (Å²) in [7, 11) is 1.68. The van der Waals surface area contributed by atoms with Crippen LogP contribution in [0.1, 0.15) is 16.1 Å². The molecule has 1 aliphatic heterocycles. The summed E-state index contributed by atoms with van der Waals surface area (Å²) in [5.74, 6) is -1.65. The van der Waals surface area contributed by atoms with Crippen LogP contribution in [0.4, 0.5) is 4.39 Å². The van der Waals surface area contributed by atoms with Crippen LogP contribution >= 0.6 is 0 Å². The SMILES string of the molecule is Cc1c(C(=O)N[C@@H]2CO[C@H](Cn3cc(F)c(=O)[nH]c3=O)[C@@H](O)[C@H]2O)cnn1C. The van der Waals surface area contributed by atoms with Crippen molar-refractivity contribution in [3.8, 4) is 0 Å². The molecule has 4 N–H and O–H groups in total. The van der Waals surface area contributed by atoms with Gasteiger partial charge in [0, 0.05) is 12.7 Å². The van der Waals surface area contributed by atoms with Crippen molar-refractivity contribution in [3.05, 3.63) is 50.3 Å². The fourth-order valence-corrected chi connectivity index (χ4v) is 2.95. The van der Waals surface area contributed by atoms with Crippen LogP contribution in [0.2, 0.25) is 0 Å². The lowest BCUT2D eigenvalue weighted by Gasteiger charge is -2.38. The summed E-state index contributed by atoms with van der Waals surface area (Å²) in [4.78, 5) is 37.0. The zero-order valence-corrected chi connectivity index (χ0v) is 15.1. The highest BCUT2D eigenvalue weighted by molar-refractivity contribution is 5.95. The smallest absolute Gasteiger partial charge is 0.328 e. The van der Waals surface area contributed by atoms with Gasteiger partial charge in [0.25, 0.3) is 11.5 Å². The third kappa shape index (κ3) is 3.74. The number of H-pyrrole nitrogens is 1. The van der Waals surface area contributed by atoms with Crippen LogP contribution in [0, 0.1) is 12.7 Å². The molecule has 12 heteroatoms. The number of amides is 1. The molecule has 0 bridgehead atoms. The van der Waals surface area contributed by atoms with Crippen molar-refractivity contribution in [2.24, 2.45) is 7.05 Å². The molecule has 3 heterocycles. The van der Waals surface area contributed by atoms with Crippen molar-refractivity contribution >= 4 is 5.91 Å². The largest absolute Gasteiger partial charge is 0.388 e. The molecule has 11 nitrogen and oxygen atoms in total. The Morgan fingerprint density at radius 3 is 2.79 bits per heavy atom. The molecule has 152 valence electrons. The van der Waals surface area contributed by atoms with Crippen LogP contribution in [0.25, 0.3) is 0 Å². The average Bonchev–Trinajstić information content (AvgIpc) is 2.98. The molecule has 0 aromatic carbocycles. The van der Waals surface area contributed by atoms with E-state index in [-0.39, 0.29) is 13.2 Å². The third-order valence-electron chi connectivity index (χ3n) is 4.77. The Bertz CT molecular complexity index is 998. The van der Waals surface area contributed by atoms with E-state index in [1.165, 1.54) is 10.9 Å². The van der Waals surface area contributed by atoms with Gasteiger partial charge in [-0.3, -0.25) is 23.8 Å². The monoisotopic (exact) mass is 397 g/mol. The molecule has 1 saturated heterocycles. The first-order valence-electron chi connectivity index (χ1n) is 8.45. The molecular formula is C16H20FN5O6. The van der Waals surface area contributed by atoms with Gasteiger partial charge in [-0.25, -0.2) is 4.79 Å². The van der Waals surface area contributed by atoms with E-state index in [0.29, 0.717) is 17.5 Å². The number of aromatic nitrogens is 4. The molecule has 1 aliphatic rings. The number of aliphatic hydroxyl groups excluding tert-OH is 2. The van der Waals surface area contributed by atoms with E-state index in [1.54, 1.807) is 19.0 Å². The first kappa shape index (κ1) is 19.9. The maximum absolute atomic E-state index is 13.4. The predicted molar refractivity (Wildman–Crippen MR) is 92.2 cm³/mol. The first-order chi connectivity index (χ1) is 13.2. The standard InChI is InChI=1S/C16H20FN5O6/c1-7-8(3-18-21(7)2)14(25)19-10-6-28-11(13(24)12(10)23)5-22-4-9(17)15(26)20-16(22)27/h3-4,10-13,23-24H,5-6H2,1-2H3,(H,19,25)(H,20,26,27)/t10-,11-,12+,13-/m1/s1. The summed E-state index contributed by atoms with van der Waals surface area (Å²) in [5.41, 5.74) is -1.08. The number of halogens is 1. The molecule has 4 atom stereocenters. The Labute approximate surface area is 157 Å². The van der Waals surface area contributed by atoms with E-state index in [1.807, 2.05) is 0 Å². The summed E-state index contributed by atoms with van der Waals surface area (Å²) in [6, 6.07) is -0.901. The van der Waals surface area contributed by atoms with Gasteiger partial charge in [-0.15, -0.1) is 0 Å². The van der Waals surface area contributed by atoms with Gasteiger partial charge >= 0.3 is 5.69 Å². The van der Waals surface area contributed by atoms with Crippen molar-refractivity contribution in [2.45, 2.75) is 37.8 Å². The van der Waals surface area contributed by atoms with Crippen LogP contribution in [0.15, 0.2) is 22.0 Å². The van der Waals surface area contributed by atoms with E-state index in [4.69, 9.17) is 4.74 Å². The Morgan fingerprint density at radius 1 is 1.43 bits per heavy atom. The topological polar surface area (TPSA) is 151 Å². The van der Waals surface area contributed by atoms with Crippen molar-refractivity contribution in [2.75, 3.05) is 6.61 Å². The highest BCUT2D eigenvalue weighted by atomic mass is 19.1. The fraction of sp³-hybridized carbons (Fsp3) is 0.500. The summed E-state index contributed by atoms with van der Waals surface area (Å²) >= 11 is 0. The van der Waals surface area contributed by atoms with Crippen LogP contribution in [0.3, 0.4) is 0 Å². The number of rotatable bonds is 4. The highest BCUT2D eigenvalue weighted by Gasteiger charge is 2.39. The molecule has 3 rings (SSSR count). The lowest BCUT2D eigenvalue weighted by molar-refractivity contribution is -0.152. The highest BCUT2D eigenvalue weighted by Crippen LogP contribution is 2.18. The van der Waals surface area contributed by atoms with Gasteiger partial charge in [-0.05, 0) is 6.92 Å². The zero-order valence-electron chi connectivity index (χ0n) is 15.1. The number of hydrogen-bond donors (Lipinski definition) is 4. The van der Waals surface area contributed by atoms with Gasteiger partial charge in [0.1, 0.15) is 18.3 Å². The number of aromatic amines is 1. The fourth-order valence-electron chi connectivity index (χ4n) is 2.95. The summed E-state index contributed by atoms with van der Waals surface area (Å²) in [6.45, 7) is 1.27. The quantitative estimate of drug-likeness (QED) is 0.450. The maximum atomic E-state index is 13.4. The molecule has 0 radical (unpaired) electrons. The number of aryl methyl sites for hydroxylation is 1. The molecule has 0 saturated carbocycles. The van der Waals surface area contributed by atoms with Crippen molar-refractivity contribution < 1.29 is 24.1 Å². The van der Waals surface area contributed by atoms with Crippen LogP contribution < -0.4 is 16.6 Å². The molecule has 2 aromatic heterocycles. The Hall–Kier alpha value is -2.83. The van der Waals surface area contributed by atoms with Gasteiger partial charge in [-0.2, -0.15) is 9.49 Å². The van der Waals surface area contributed by atoms with Gasteiger partial charge in [0.2, 0.25) is 5.82 Å². The van der Waals surface area contributed by atoms with E-state index in [2.05, 4.69) is 10.4 Å². The number of carbonyl (C=O) groups excluding carboxylic acids is 1. The molecule has 1 fully saturated rings. The number of nitrogens with one attached hydrogen (secondary N) is 2. The second-order valence-corrected chi connectivity index (χ2v) is 6.59. The number of ether oxygens (including phenoxy) is 1. The van der Waals surface area contributed by atoms with E-state index < -0.39 is 47.3 Å². The van der Waals surface area contributed by atoms with Gasteiger partial charge in [-0.1, -0.05) is 0 Å². The molecule has 0 unspecified atom stereocenters. The Morgan fingerprint density at radius 2 is 2.14 bits per heavy atom. The number of nitrogens with zero attached hydrogens (tertiary/aromatic N) is 3. The second kappa shape index (κ2) is 7.66. The lowest BCUT2D eigenvalue weighted by atomic mass is 9.97. The maximum Gasteiger partial charge on any atom is 0.328 e. The van der Waals surface area contributed by atoms with Crippen molar-refractivity contribution in [3.63, 3.8) is 0 Å². The molecule has 0 aliphatic carbocycles. The van der Waals surface area contributed by atoms with Crippen LogP contribution in [-0.2, 0) is 18.3 Å². The van der Waals surface area contributed by atoms with Gasteiger partial charge in [0.05, 0.1) is 37.2 Å². The summed E-state index contributed by atoms with van der Waals surface area (Å²) in [5, 5.41) is 27.2. The van der Waals surface area contributed by atoms with Crippen LogP contribution in [0.5, 0.6) is 0 Å². The molecule has 1 amide bonds. The number of aliphatic hydroxyl groups is 2. The Balaban J connectivity index is 1.68. The van der Waals surface area contributed by atoms with E-state index in [0.717, 1.165) is 4.57 Å². The number of hydrogen-bond acceptors (Lipinski definition) is 7. The molecule has 0 spiro atoms. The lowest BCUT2D eigenvalue weighted by Crippen LogP contribution is -2.60. The predicted octanol–water partition coefficient (Wildman–Crippen LogP) is -2.36. The second-order valence-electron chi connectivity index (χ2n) is 6.59. The first-order valence-corrected chi connectivity index (χ1v) is 8.45. The normalized spacial score (nSPS) is 24.9. The molecule has 2 aromatic rings.